The summed E-state index contributed by atoms with van der Waals surface area (Å²) in [5.41, 5.74) is 3.03. The zero-order chi connectivity index (χ0) is 28.2. The summed E-state index contributed by atoms with van der Waals surface area (Å²) >= 11 is 1.47. The Morgan fingerprint density at radius 2 is 1.90 bits per heavy atom. The van der Waals surface area contributed by atoms with Gasteiger partial charge in [0.1, 0.15) is 16.3 Å². The minimum absolute atomic E-state index is 0.0327. The topological polar surface area (TPSA) is 83.6 Å². The van der Waals surface area contributed by atoms with E-state index in [2.05, 4.69) is 10.6 Å². The maximum Gasteiger partial charge on any atom is 0.410 e. The number of amides is 2. The molecule has 2 aromatic carbocycles. The molecule has 0 aliphatic carbocycles. The fourth-order valence-corrected chi connectivity index (χ4v) is 6.69. The molecule has 0 bridgehead atoms. The van der Waals surface area contributed by atoms with E-state index in [9.17, 15) is 9.59 Å². The van der Waals surface area contributed by atoms with Gasteiger partial charge in [-0.05, 0) is 88.4 Å². The van der Waals surface area contributed by atoms with E-state index >= 15 is 4.39 Å². The van der Waals surface area contributed by atoms with Gasteiger partial charge >= 0.3 is 6.09 Å². The van der Waals surface area contributed by atoms with E-state index < -0.39 is 5.60 Å². The number of nitrogens with one attached hydrogen (secondary N) is 2. The number of thiophene rings is 1. The Hall–Kier alpha value is -3.72. The lowest BCUT2D eigenvalue weighted by Gasteiger charge is -2.33. The highest BCUT2D eigenvalue weighted by atomic mass is 32.1. The molecule has 2 amide bonds. The summed E-state index contributed by atoms with van der Waals surface area (Å²) in [6.45, 7) is 9.38. The zero-order valence-corrected chi connectivity index (χ0v) is 24.0. The normalized spacial score (nSPS) is 18.3. The van der Waals surface area contributed by atoms with Crippen molar-refractivity contribution < 1.29 is 18.7 Å². The van der Waals surface area contributed by atoms with Crippen molar-refractivity contribution >= 4 is 50.0 Å². The third-order valence-electron chi connectivity index (χ3n) is 7.58. The molecule has 0 unspecified atom stereocenters. The largest absolute Gasteiger partial charge is 0.444 e. The van der Waals surface area contributed by atoms with E-state index in [0.29, 0.717) is 35.8 Å². The van der Waals surface area contributed by atoms with Crippen molar-refractivity contribution in [3.05, 3.63) is 58.7 Å². The SMILES string of the molecule is C[C@@H]1CNc2c(sc3ccc4nc(-c5ccc(C6CCN(C(=O)OC(C)(C)C)CC6)cc5F)ccc4c23)C(=O)N1. The number of ether oxygens (including phenoxy) is 1. The first-order chi connectivity index (χ1) is 19.1. The first kappa shape index (κ1) is 26.5. The number of pyridine rings is 1. The van der Waals surface area contributed by atoms with E-state index in [1.807, 2.05) is 64.1 Å². The second-order valence-electron chi connectivity index (χ2n) is 11.7. The Morgan fingerprint density at radius 3 is 2.62 bits per heavy atom. The number of benzene rings is 2. The van der Waals surface area contributed by atoms with Gasteiger partial charge in [0, 0.05) is 46.7 Å². The van der Waals surface area contributed by atoms with Gasteiger partial charge in [0.15, 0.2) is 0 Å². The molecule has 2 N–H and O–H groups in total. The standard InChI is InChI=1S/C31H33FN4O3S/c1-17-16-33-27-26-21-7-8-23(35-24(21)9-10-25(26)40-28(27)29(37)34-17)20-6-5-19(15-22(20)32)18-11-13-36(14-12-18)30(38)39-31(2,3)4/h5-10,15,17-18,33H,11-14,16H2,1-4H3,(H,34,37)/t17-/m1/s1. The monoisotopic (exact) mass is 560 g/mol. The predicted octanol–water partition coefficient (Wildman–Crippen LogP) is 6.91. The van der Waals surface area contributed by atoms with E-state index in [0.717, 1.165) is 45.1 Å². The number of nitrogens with zero attached hydrogens (tertiary/aromatic N) is 2. The second-order valence-corrected chi connectivity index (χ2v) is 12.8. The molecule has 2 aromatic heterocycles. The van der Waals surface area contributed by atoms with Crippen LogP contribution in [0.2, 0.25) is 0 Å². The molecular weight excluding hydrogens is 527 g/mol. The first-order valence-electron chi connectivity index (χ1n) is 13.8. The molecule has 0 radical (unpaired) electrons. The molecule has 9 heteroatoms. The molecule has 4 aromatic rings. The molecule has 2 aliphatic heterocycles. The van der Waals surface area contributed by atoms with E-state index in [-0.39, 0.29) is 29.8 Å². The number of carbonyl (C=O) groups is 2. The number of hydrogen-bond acceptors (Lipinski definition) is 6. The van der Waals surface area contributed by atoms with Crippen LogP contribution >= 0.6 is 11.3 Å². The summed E-state index contributed by atoms with van der Waals surface area (Å²) in [5.74, 6) is -0.192. The van der Waals surface area contributed by atoms with Gasteiger partial charge in [-0.25, -0.2) is 14.2 Å². The highest BCUT2D eigenvalue weighted by Crippen LogP contribution is 2.41. The van der Waals surface area contributed by atoms with Crippen LogP contribution in [0, 0.1) is 5.82 Å². The number of aromatic nitrogens is 1. The van der Waals surface area contributed by atoms with Crippen LogP contribution in [0.15, 0.2) is 42.5 Å². The number of carbonyl (C=O) groups excluding carboxylic acids is 2. The highest BCUT2D eigenvalue weighted by Gasteiger charge is 2.28. The number of likely N-dealkylation sites (tertiary alicyclic amines) is 1. The van der Waals surface area contributed by atoms with Gasteiger partial charge in [-0.15, -0.1) is 11.3 Å². The molecule has 40 heavy (non-hydrogen) atoms. The van der Waals surface area contributed by atoms with Crippen LogP contribution in [0.5, 0.6) is 0 Å². The molecular formula is C31H33FN4O3S. The van der Waals surface area contributed by atoms with Crippen molar-refractivity contribution in [1.82, 2.24) is 15.2 Å². The summed E-state index contributed by atoms with van der Waals surface area (Å²) < 4.78 is 22.0. The average molecular weight is 561 g/mol. The number of halogens is 1. The van der Waals surface area contributed by atoms with Gasteiger partial charge in [-0.3, -0.25) is 4.79 Å². The minimum Gasteiger partial charge on any atom is -0.444 e. The number of hydrogen-bond donors (Lipinski definition) is 2. The van der Waals surface area contributed by atoms with Gasteiger partial charge in [0.05, 0.1) is 16.9 Å². The maximum absolute atomic E-state index is 15.5. The molecule has 2 aliphatic rings. The summed E-state index contributed by atoms with van der Waals surface area (Å²) in [6.07, 6.45) is 1.23. The lowest BCUT2D eigenvalue weighted by Crippen LogP contribution is -2.41. The van der Waals surface area contributed by atoms with Gasteiger partial charge in [0.25, 0.3) is 5.91 Å². The fourth-order valence-electron chi connectivity index (χ4n) is 5.59. The van der Waals surface area contributed by atoms with Crippen LogP contribution < -0.4 is 10.6 Å². The van der Waals surface area contributed by atoms with Crippen LogP contribution in [-0.2, 0) is 4.74 Å². The van der Waals surface area contributed by atoms with E-state index in [4.69, 9.17) is 9.72 Å². The van der Waals surface area contributed by atoms with E-state index in [1.165, 1.54) is 11.3 Å². The lowest BCUT2D eigenvalue weighted by molar-refractivity contribution is 0.0204. The minimum atomic E-state index is -0.524. The Kier molecular flexibility index (Phi) is 6.65. The molecule has 0 spiro atoms. The molecule has 1 saturated heterocycles. The molecule has 4 heterocycles. The average Bonchev–Trinajstić information content (AvgIpc) is 3.23. The zero-order valence-electron chi connectivity index (χ0n) is 23.1. The number of rotatable bonds is 2. The molecule has 7 nitrogen and oxygen atoms in total. The second kappa shape index (κ2) is 10.0. The van der Waals surface area contributed by atoms with Crippen molar-refractivity contribution in [1.29, 1.82) is 0 Å². The number of fused-ring (bicyclic) bond motifs is 5. The smallest absolute Gasteiger partial charge is 0.410 e. The van der Waals surface area contributed by atoms with Crippen molar-refractivity contribution in [3.63, 3.8) is 0 Å². The Balaban J connectivity index is 1.24. The Bertz CT molecular complexity index is 1640. The summed E-state index contributed by atoms with van der Waals surface area (Å²) in [6, 6.07) is 13.2. The third-order valence-corrected chi connectivity index (χ3v) is 8.73. The number of anilines is 1. The quantitative estimate of drug-likeness (QED) is 0.278. The molecule has 6 rings (SSSR count). The predicted molar refractivity (Wildman–Crippen MR) is 158 cm³/mol. The van der Waals surface area contributed by atoms with Crippen molar-refractivity contribution in [3.8, 4) is 11.3 Å². The van der Waals surface area contributed by atoms with Crippen LogP contribution in [0.1, 0.15) is 61.7 Å². The van der Waals surface area contributed by atoms with Crippen molar-refractivity contribution in [2.24, 2.45) is 0 Å². The molecule has 1 atom stereocenters. The summed E-state index contributed by atoms with van der Waals surface area (Å²) in [7, 11) is 0. The Labute approximate surface area is 236 Å². The van der Waals surface area contributed by atoms with E-state index in [1.54, 1.807) is 11.0 Å². The Morgan fingerprint density at radius 1 is 1.12 bits per heavy atom. The van der Waals surface area contributed by atoms with Crippen LogP contribution in [-0.4, -0.2) is 53.2 Å². The number of piperidine rings is 1. The summed E-state index contributed by atoms with van der Waals surface area (Å²) in [4.78, 5) is 32.3. The van der Waals surface area contributed by atoms with Crippen LogP contribution in [0.4, 0.5) is 14.9 Å². The van der Waals surface area contributed by atoms with Gasteiger partial charge < -0.3 is 20.3 Å². The summed E-state index contributed by atoms with van der Waals surface area (Å²) in [5, 5.41) is 8.37. The first-order valence-corrected chi connectivity index (χ1v) is 14.6. The maximum atomic E-state index is 15.5. The van der Waals surface area contributed by atoms with Gasteiger partial charge in [0.2, 0.25) is 0 Å². The fraction of sp³-hybridized carbons (Fsp3) is 0.387. The van der Waals surface area contributed by atoms with Gasteiger partial charge in [-0.1, -0.05) is 6.07 Å². The van der Waals surface area contributed by atoms with Crippen LogP contribution in [0.25, 0.3) is 32.2 Å². The van der Waals surface area contributed by atoms with Crippen LogP contribution in [0.3, 0.4) is 0 Å². The van der Waals surface area contributed by atoms with Crippen molar-refractivity contribution in [2.75, 3.05) is 25.0 Å². The lowest BCUT2D eigenvalue weighted by atomic mass is 9.88. The molecule has 1 fully saturated rings. The molecule has 0 saturated carbocycles. The highest BCUT2D eigenvalue weighted by molar-refractivity contribution is 7.21. The molecule has 208 valence electrons. The van der Waals surface area contributed by atoms with Gasteiger partial charge in [-0.2, -0.15) is 0 Å². The third kappa shape index (κ3) is 4.98. The van der Waals surface area contributed by atoms with Crippen molar-refractivity contribution in [2.45, 2.75) is 58.1 Å².